The van der Waals surface area contributed by atoms with E-state index in [9.17, 15) is 13.5 Å². The maximum atomic E-state index is 11.0. The average Bonchev–Trinajstić information content (AvgIpc) is 2.71. The summed E-state index contributed by atoms with van der Waals surface area (Å²) in [5.41, 5.74) is 1.57. The molecule has 0 aliphatic carbocycles. The van der Waals surface area contributed by atoms with Crippen molar-refractivity contribution in [2.24, 2.45) is 0 Å². The van der Waals surface area contributed by atoms with Crippen molar-refractivity contribution in [1.29, 1.82) is 0 Å². The van der Waals surface area contributed by atoms with Crippen LogP contribution in [0.15, 0.2) is 23.7 Å². The summed E-state index contributed by atoms with van der Waals surface area (Å²) < 4.78 is 23.0. The van der Waals surface area contributed by atoms with Gasteiger partial charge in [-0.05, 0) is 23.9 Å². The zero-order chi connectivity index (χ0) is 12.5. The van der Waals surface area contributed by atoms with E-state index < -0.39 is 15.9 Å². The first kappa shape index (κ1) is 12.5. The van der Waals surface area contributed by atoms with Crippen LogP contribution in [0.3, 0.4) is 0 Å². The van der Waals surface area contributed by atoms with Crippen molar-refractivity contribution in [3.8, 4) is 0 Å². The van der Waals surface area contributed by atoms with E-state index in [4.69, 9.17) is 0 Å². The second-order valence-electron chi connectivity index (χ2n) is 4.01. The predicted octanol–water partition coefficient (Wildman–Crippen LogP) is 1.76. The normalized spacial score (nSPS) is 14.0. The third-order valence-electron chi connectivity index (χ3n) is 2.47. The molecule has 0 aliphatic heterocycles. The number of sulfone groups is 1. The molecule has 0 aromatic carbocycles. The molecule has 0 saturated heterocycles. The predicted molar refractivity (Wildman–Crippen MR) is 68.9 cm³/mol. The highest BCUT2D eigenvalue weighted by molar-refractivity contribution is 7.90. The molecule has 0 saturated carbocycles. The van der Waals surface area contributed by atoms with Crippen LogP contribution in [0.5, 0.6) is 0 Å². The first-order valence-corrected chi connectivity index (χ1v) is 8.09. The lowest BCUT2D eigenvalue weighted by atomic mass is 10.1. The summed E-state index contributed by atoms with van der Waals surface area (Å²) in [6.07, 6.45) is 2.20. The van der Waals surface area contributed by atoms with Crippen LogP contribution < -0.4 is 0 Å². The van der Waals surface area contributed by atoms with E-state index in [0.717, 1.165) is 10.2 Å². The summed E-state index contributed by atoms with van der Waals surface area (Å²) in [5.74, 6) is -0.0172. The zero-order valence-electron chi connectivity index (χ0n) is 9.33. The maximum Gasteiger partial charge on any atom is 0.147 e. The molecule has 1 atom stereocenters. The molecule has 2 aromatic rings. The van der Waals surface area contributed by atoms with Gasteiger partial charge in [-0.15, -0.1) is 11.3 Å². The van der Waals surface area contributed by atoms with E-state index in [1.165, 1.54) is 6.26 Å². The van der Waals surface area contributed by atoms with Crippen LogP contribution in [0.4, 0.5) is 0 Å². The third kappa shape index (κ3) is 3.24. The fraction of sp³-hybridized carbons (Fsp3) is 0.364. The highest BCUT2D eigenvalue weighted by atomic mass is 32.2. The summed E-state index contributed by atoms with van der Waals surface area (Å²) in [5, 5.41) is 11.8. The minimum Gasteiger partial charge on any atom is -0.388 e. The van der Waals surface area contributed by atoms with Crippen LogP contribution in [0.1, 0.15) is 18.1 Å². The fourth-order valence-corrected chi connectivity index (χ4v) is 2.98. The number of nitrogens with zero attached hydrogens (tertiary/aromatic N) is 1. The van der Waals surface area contributed by atoms with Gasteiger partial charge < -0.3 is 5.11 Å². The van der Waals surface area contributed by atoms with E-state index >= 15 is 0 Å². The molecule has 2 heterocycles. The maximum absolute atomic E-state index is 11.0. The van der Waals surface area contributed by atoms with Crippen LogP contribution in [0, 0.1) is 0 Å². The Bertz CT molecular complexity index is 618. The summed E-state index contributed by atoms with van der Waals surface area (Å²) in [7, 11) is -3.04. The van der Waals surface area contributed by atoms with Crippen molar-refractivity contribution in [3.63, 3.8) is 0 Å². The number of rotatable bonds is 4. The fourth-order valence-electron chi connectivity index (χ4n) is 1.54. The Labute approximate surface area is 104 Å². The lowest BCUT2D eigenvalue weighted by Crippen LogP contribution is -2.08. The number of fused-ring (bicyclic) bond motifs is 1. The van der Waals surface area contributed by atoms with Crippen molar-refractivity contribution in [3.05, 3.63) is 29.3 Å². The average molecular weight is 271 g/mol. The molecular weight excluding hydrogens is 258 g/mol. The largest absolute Gasteiger partial charge is 0.388 e. The molecule has 0 radical (unpaired) electrons. The van der Waals surface area contributed by atoms with Crippen molar-refractivity contribution in [2.45, 2.75) is 12.5 Å². The topological polar surface area (TPSA) is 67.3 Å². The zero-order valence-corrected chi connectivity index (χ0v) is 11.0. The van der Waals surface area contributed by atoms with Gasteiger partial charge in [0, 0.05) is 18.0 Å². The monoisotopic (exact) mass is 271 g/mol. The standard InChI is InChI=1S/C11H13NO3S2/c1-17(14,15)5-3-10(13)8-6-11-9(12-7-8)2-4-16-11/h2,4,6-7,10,13H,3,5H2,1H3. The van der Waals surface area contributed by atoms with Gasteiger partial charge in [0.25, 0.3) is 0 Å². The van der Waals surface area contributed by atoms with Crippen molar-refractivity contribution >= 4 is 31.4 Å². The molecule has 0 aliphatic rings. The molecule has 1 N–H and O–H groups in total. The second kappa shape index (κ2) is 4.72. The van der Waals surface area contributed by atoms with Gasteiger partial charge >= 0.3 is 0 Å². The Morgan fingerprint density at radius 1 is 1.53 bits per heavy atom. The Balaban J connectivity index is 2.15. The first-order chi connectivity index (χ1) is 7.96. The van der Waals surface area contributed by atoms with E-state index in [2.05, 4.69) is 4.98 Å². The molecule has 92 valence electrons. The number of hydrogen-bond acceptors (Lipinski definition) is 5. The van der Waals surface area contributed by atoms with Crippen molar-refractivity contribution in [1.82, 2.24) is 4.98 Å². The number of hydrogen-bond donors (Lipinski definition) is 1. The summed E-state index contributed by atoms with van der Waals surface area (Å²) in [6, 6.07) is 3.77. The third-order valence-corrected chi connectivity index (χ3v) is 4.30. The van der Waals surface area contributed by atoms with Gasteiger partial charge in [-0.3, -0.25) is 4.98 Å². The highest BCUT2D eigenvalue weighted by Crippen LogP contribution is 2.24. The number of aromatic nitrogens is 1. The second-order valence-corrected chi connectivity index (χ2v) is 7.21. The Morgan fingerprint density at radius 2 is 2.29 bits per heavy atom. The van der Waals surface area contributed by atoms with E-state index in [1.54, 1.807) is 17.5 Å². The first-order valence-electron chi connectivity index (χ1n) is 5.15. The minimum absolute atomic E-state index is 0.0172. The lowest BCUT2D eigenvalue weighted by molar-refractivity contribution is 0.174. The molecule has 6 heteroatoms. The smallest absolute Gasteiger partial charge is 0.147 e. The van der Waals surface area contributed by atoms with Crippen LogP contribution in [-0.4, -0.2) is 30.5 Å². The van der Waals surface area contributed by atoms with Gasteiger partial charge in [0.15, 0.2) is 0 Å². The lowest BCUT2D eigenvalue weighted by Gasteiger charge is -2.09. The number of aliphatic hydroxyl groups is 1. The molecule has 2 rings (SSSR count). The Morgan fingerprint density at radius 3 is 3.00 bits per heavy atom. The summed E-state index contributed by atoms with van der Waals surface area (Å²) >= 11 is 1.55. The quantitative estimate of drug-likeness (QED) is 0.920. The van der Waals surface area contributed by atoms with Crippen LogP contribution in [0.25, 0.3) is 10.2 Å². The van der Waals surface area contributed by atoms with Gasteiger partial charge in [-0.1, -0.05) is 0 Å². The van der Waals surface area contributed by atoms with Gasteiger partial charge in [0.1, 0.15) is 9.84 Å². The van der Waals surface area contributed by atoms with E-state index in [1.807, 2.05) is 17.5 Å². The van der Waals surface area contributed by atoms with E-state index in [-0.39, 0.29) is 12.2 Å². The highest BCUT2D eigenvalue weighted by Gasteiger charge is 2.12. The molecule has 0 fully saturated rings. The Hall–Kier alpha value is -0.980. The van der Waals surface area contributed by atoms with Gasteiger partial charge in [-0.25, -0.2) is 8.42 Å². The molecule has 1 unspecified atom stereocenters. The van der Waals surface area contributed by atoms with Gasteiger partial charge in [0.2, 0.25) is 0 Å². The number of aliphatic hydroxyl groups excluding tert-OH is 1. The van der Waals surface area contributed by atoms with Gasteiger partial charge in [0.05, 0.1) is 22.1 Å². The molecular formula is C11H13NO3S2. The SMILES string of the molecule is CS(=O)(=O)CCC(O)c1cnc2ccsc2c1. The van der Waals surface area contributed by atoms with Crippen molar-refractivity contribution in [2.75, 3.05) is 12.0 Å². The molecule has 0 spiro atoms. The molecule has 2 aromatic heterocycles. The number of pyridine rings is 1. The number of thiophene rings is 1. The summed E-state index contributed by atoms with van der Waals surface area (Å²) in [6.45, 7) is 0. The molecule has 0 amide bonds. The minimum atomic E-state index is -3.04. The molecule has 0 bridgehead atoms. The molecule has 4 nitrogen and oxygen atoms in total. The Kier molecular flexibility index (Phi) is 3.46. The van der Waals surface area contributed by atoms with Gasteiger partial charge in [-0.2, -0.15) is 0 Å². The van der Waals surface area contributed by atoms with Crippen LogP contribution >= 0.6 is 11.3 Å². The van der Waals surface area contributed by atoms with Crippen molar-refractivity contribution < 1.29 is 13.5 Å². The molecule has 17 heavy (non-hydrogen) atoms. The van der Waals surface area contributed by atoms with E-state index in [0.29, 0.717) is 5.56 Å². The van der Waals surface area contributed by atoms with Crippen LogP contribution in [-0.2, 0) is 9.84 Å². The summed E-state index contributed by atoms with van der Waals surface area (Å²) in [4.78, 5) is 4.21. The van der Waals surface area contributed by atoms with Crippen LogP contribution in [0.2, 0.25) is 0 Å².